The second-order valence-electron chi connectivity index (χ2n) is 9.11. The number of tetrazole rings is 1. The number of amides is 2. The van der Waals surface area contributed by atoms with E-state index in [1.165, 1.54) is 46.3 Å². The van der Waals surface area contributed by atoms with Gasteiger partial charge in [-0.2, -0.15) is 9.78 Å². The van der Waals surface area contributed by atoms with E-state index in [9.17, 15) is 19.5 Å². The van der Waals surface area contributed by atoms with Gasteiger partial charge in [0.25, 0.3) is 5.91 Å². The van der Waals surface area contributed by atoms with Crippen LogP contribution in [0.2, 0.25) is 5.02 Å². The molecular weight excluding hydrogens is 536 g/mol. The standard InChI is InChI=1S/C27H25ClN8O4/c1-3-35-24-21(16(2)31-35)12-13-34(25(24)26(38)30-20-8-4-17(5-9-20)27(39)40)23(37)11-6-18-14-19(28)7-10-22(18)36-15-29-32-33-36/h4-11,14-15,25H,3,12-13H2,1-2H3,(H,30,38)(H,39,40)/b11-6+. The summed E-state index contributed by atoms with van der Waals surface area (Å²) in [6.07, 6.45) is 4.99. The Morgan fingerprint density at radius 2 is 1.95 bits per heavy atom. The molecule has 0 fully saturated rings. The molecule has 3 heterocycles. The van der Waals surface area contributed by atoms with Crippen molar-refractivity contribution in [1.82, 2.24) is 34.9 Å². The number of hydrogen-bond acceptors (Lipinski definition) is 7. The summed E-state index contributed by atoms with van der Waals surface area (Å²) < 4.78 is 3.21. The highest BCUT2D eigenvalue weighted by Crippen LogP contribution is 2.33. The van der Waals surface area contributed by atoms with E-state index in [0.29, 0.717) is 47.2 Å². The van der Waals surface area contributed by atoms with Crippen molar-refractivity contribution in [3.05, 3.63) is 88.0 Å². The van der Waals surface area contributed by atoms with Gasteiger partial charge in [-0.1, -0.05) is 11.6 Å². The Labute approximate surface area is 233 Å². The summed E-state index contributed by atoms with van der Waals surface area (Å²) in [5.41, 5.74) is 4.15. The van der Waals surface area contributed by atoms with E-state index in [0.717, 1.165) is 11.3 Å². The molecule has 40 heavy (non-hydrogen) atoms. The van der Waals surface area contributed by atoms with E-state index in [4.69, 9.17) is 11.6 Å². The Bertz CT molecular complexity index is 1610. The Morgan fingerprint density at radius 3 is 2.62 bits per heavy atom. The first kappa shape index (κ1) is 26.8. The second kappa shape index (κ2) is 11.1. The van der Waals surface area contributed by atoms with E-state index < -0.39 is 17.9 Å². The number of carboxylic acid groups (broad SMARTS) is 1. The van der Waals surface area contributed by atoms with Gasteiger partial charge in [-0.3, -0.25) is 14.3 Å². The van der Waals surface area contributed by atoms with Crippen molar-refractivity contribution in [2.45, 2.75) is 32.9 Å². The zero-order valence-corrected chi connectivity index (χ0v) is 22.4. The van der Waals surface area contributed by atoms with Gasteiger partial charge < -0.3 is 15.3 Å². The molecule has 0 spiro atoms. The van der Waals surface area contributed by atoms with Crippen LogP contribution in [0, 0.1) is 6.92 Å². The predicted octanol–water partition coefficient (Wildman–Crippen LogP) is 3.32. The number of aryl methyl sites for hydroxylation is 2. The van der Waals surface area contributed by atoms with Crippen molar-refractivity contribution >= 4 is 41.1 Å². The fourth-order valence-corrected chi connectivity index (χ4v) is 4.99. The molecule has 0 saturated carbocycles. The van der Waals surface area contributed by atoms with Gasteiger partial charge in [-0.05, 0) is 79.2 Å². The number of carbonyl (C=O) groups is 3. The van der Waals surface area contributed by atoms with Gasteiger partial charge in [0, 0.05) is 41.0 Å². The number of nitrogens with one attached hydrogen (secondary N) is 1. The van der Waals surface area contributed by atoms with Crippen LogP contribution in [0.5, 0.6) is 0 Å². The van der Waals surface area contributed by atoms with Gasteiger partial charge in [0.05, 0.1) is 22.6 Å². The lowest BCUT2D eigenvalue weighted by atomic mass is 9.96. The zero-order valence-electron chi connectivity index (χ0n) is 21.7. The third-order valence-electron chi connectivity index (χ3n) is 6.69. The number of anilines is 1. The highest BCUT2D eigenvalue weighted by Gasteiger charge is 2.39. The fraction of sp³-hybridized carbons (Fsp3) is 0.222. The SMILES string of the molecule is CCn1nc(C)c2c1C(C(=O)Nc1ccc(C(=O)O)cc1)N(C(=O)/C=C/c1cc(Cl)ccc1-n1cnnn1)CC2. The molecule has 0 bridgehead atoms. The number of carboxylic acids is 1. The van der Waals surface area contributed by atoms with Crippen LogP contribution in [-0.2, 0) is 22.6 Å². The van der Waals surface area contributed by atoms with Gasteiger partial charge in [-0.25, -0.2) is 4.79 Å². The van der Waals surface area contributed by atoms with Crippen LogP contribution in [0.15, 0.2) is 54.9 Å². The normalized spacial score (nSPS) is 14.8. The van der Waals surface area contributed by atoms with Crippen LogP contribution in [0.1, 0.15) is 45.8 Å². The zero-order chi connectivity index (χ0) is 28.4. The number of aromatic nitrogens is 6. The average Bonchev–Trinajstić information content (AvgIpc) is 3.59. The van der Waals surface area contributed by atoms with E-state index >= 15 is 0 Å². The molecule has 12 nitrogen and oxygen atoms in total. The molecule has 0 saturated heterocycles. The minimum Gasteiger partial charge on any atom is -0.478 e. The Balaban J connectivity index is 1.48. The number of nitrogens with zero attached hydrogens (tertiary/aromatic N) is 7. The lowest BCUT2D eigenvalue weighted by Crippen LogP contribution is -2.45. The molecule has 1 aliphatic heterocycles. The first-order chi connectivity index (χ1) is 19.3. The number of carbonyl (C=O) groups excluding carboxylic acids is 2. The molecule has 5 rings (SSSR count). The maximum atomic E-state index is 13.7. The molecule has 2 aromatic heterocycles. The van der Waals surface area contributed by atoms with Crippen LogP contribution >= 0.6 is 11.6 Å². The third-order valence-corrected chi connectivity index (χ3v) is 6.92. The van der Waals surface area contributed by atoms with Crippen LogP contribution < -0.4 is 5.32 Å². The van der Waals surface area contributed by atoms with Crippen LogP contribution in [0.3, 0.4) is 0 Å². The summed E-state index contributed by atoms with van der Waals surface area (Å²) in [5.74, 6) is -1.88. The molecule has 204 valence electrons. The molecule has 0 radical (unpaired) electrons. The molecule has 1 atom stereocenters. The largest absolute Gasteiger partial charge is 0.478 e. The maximum absolute atomic E-state index is 13.7. The van der Waals surface area contributed by atoms with E-state index in [2.05, 4.69) is 25.9 Å². The highest BCUT2D eigenvalue weighted by molar-refractivity contribution is 6.30. The molecular formula is C27H25ClN8O4. The second-order valence-corrected chi connectivity index (χ2v) is 9.55. The van der Waals surface area contributed by atoms with Crippen molar-refractivity contribution in [3.63, 3.8) is 0 Å². The fourth-order valence-electron chi connectivity index (χ4n) is 4.81. The summed E-state index contributed by atoms with van der Waals surface area (Å²) in [6.45, 7) is 4.63. The quantitative estimate of drug-likeness (QED) is 0.327. The molecule has 2 aromatic carbocycles. The molecule has 1 aliphatic rings. The van der Waals surface area contributed by atoms with Crippen LogP contribution in [-0.4, -0.2) is 64.3 Å². The van der Waals surface area contributed by atoms with Crippen LogP contribution in [0.25, 0.3) is 11.8 Å². The molecule has 1 unspecified atom stereocenters. The summed E-state index contributed by atoms with van der Waals surface area (Å²) >= 11 is 6.22. The molecule has 2 N–H and O–H groups in total. The highest BCUT2D eigenvalue weighted by atomic mass is 35.5. The van der Waals surface area contributed by atoms with Gasteiger partial charge in [0.15, 0.2) is 6.04 Å². The number of aromatic carboxylic acids is 1. The Kier molecular flexibility index (Phi) is 7.43. The van der Waals surface area contributed by atoms with Crippen molar-refractivity contribution in [2.75, 3.05) is 11.9 Å². The number of benzene rings is 2. The monoisotopic (exact) mass is 560 g/mol. The molecule has 13 heteroatoms. The predicted molar refractivity (Wildman–Crippen MR) is 146 cm³/mol. The summed E-state index contributed by atoms with van der Waals surface area (Å²) in [7, 11) is 0. The van der Waals surface area contributed by atoms with Crippen LogP contribution in [0.4, 0.5) is 5.69 Å². The summed E-state index contributed by atoms with van der Waals surface area (Å²) in [4.78, 5) is 40.1. The third kappa shape index (κ3) is 5.21. The number of hydrogen-bond donors (Lipinski definition) is 2. The smallest absolute Gasteiger partial charge is 0.335 e. The number of halogens is 1. The van der Waals surface area contributed by atoms with E-state index in [-0.39, 0.29) is 11.5 Å². The van der Waals surface area contributed by atoms with Crippen molar-refractivity contribution in [2.24, 2.45) is 0 Å². The topological polar surface area (TPSA) is 148 Å². The van der Waals surface area contributed by atoms with E-state index in [1.54, 1.807) is 29.0 Å². The first-order valence-corrected chi connectivity index (χ1v) is 12.9. The van der Waals surface area contributed by atoms with Crippen molar-refractivity contribution < 1.29 is 19.5 Å². The Morgan fingerprint density at radius 1 is 1.18 bits per heavy atom. The lowest BCUT2D eigenvalue weighted by Gasteiger charge is -2.35. The minimum absolute atomic E-state index is 0.0987. The van der Waals surface area contributed by atoms with Gasteiger partial charge >= 0.3 is 5.97 Å². The average molecular weight is 561 g/mol. The van der Waals surface area contributed by atoms with Crippen molar-refractivity contribution in [1.29, 1.82) is 0 Å². The molecule has 0 aliphatic carbocycles. The number of fused-ring (bicyclic) bond motifs is 1. The summed E-state index contributed by atoms with van der Waals surface area (Å²) in [6, 6.07) is 10.0. The molecule has 4 aromatic rings. The summed E-state index contributed by atoms with van der Waals surface area (Å²) in [5, 5.41) is 28.3. The lowest BCUT2D eigenvalue weighted by molar-refractivity contribution is -0.135. The van der Waals surface area contributed by atoms with Gasteiger partial charge in [-0.15, -0.1) is 5.10 Å². The van der Waals surface area contributed by atoms with Crippen molar-refractivity contribution in [3.8, 4) is 5.69 Å². The minimum atomic E-state index is -1.07. The van der Waals surface area contributed by atoms with E-state index in [1.807, 2.05) is 13.8 Å². The van der Waals surface area contributed by atoms with Gasteiger partial charge in [0.1, 0.15) is 6.33 Å². The molecule has 2 amide bonds. The number of rotatable bonds is 7. The first-order valence-electron chi connectivity index (χ1n) is 12.5. The van der Waals surface area contributed by atoms with Gasteiger partial charge in [0.2, 0.25) is 5.91 Å². The maximum Gasteiger partial charge on any atom is 0.335 e. The Hall–Kier alpha value is -4.84.